The Morgan fingerprint density at radius 3 is 2.50 bits per heavy atom. The van der Waals surface area contributed by atoms with Gasteiger partial charge in [-0.1, -0.05) is 6.92 Å². The van der Waals surface area contributed by atoms with E-state index < -0.39 is 0 Å². The number of rotatable bonds is 5. The lowest BCUT2D eigenvalue weighted by Crippen LogP contribution is -2.54. The minimum Gasteiger partial charge on any atom is -0.344 e. The number of likely N-dealkylation sites (N-methyl/N-ethyl adjacent to an activating group) is 1. The van der Waals surface area contributed by atoms with E-state index in [1.54, 1.807) is 0 Å². The van der Waals surface area contributed by atoms with Crippen LogP contribution in [-0.4, -0.2) is 55.5 Å². The molecule has 1 amide bonds. The number of carbonyl (C=O) groups excluding carboxylic acids is 1. The summed E-state index contributed by atoms with van der Waals surface area (Å²) in [6.07, 6.45) is 4.55. The predicted octanol–water partition coefficient (Wildman–Crippen LogP) is 0.916. The molecule has 18 heavy (non-hydrogen) atoms. The number of nitrogens with zero attached hydrogens (tertiary/aromatic N) is 2. The van der Waals surface area contributed by atoms with E-state index in [2.05, 4.69) is 11.8 Å². The third-order valence-electron chi connectivity index (χ3n) is 4.62. The average molecular weight is 253 g/mol. The molecule has 2 rings (SSSR count). The summed E-state index contributed by atoms with van der Waals surface area (Å²) in [7, 11) is 1.93. The molecule has 2 aliphatic rings. The fourth-order valence-electron chi connectivity index (χ4n) is 3.51. The summed E-state index contributed by atoms with van der Waals surface area (Å²) in [4.78, 5) is 16.8. The zero-order chi connectivity index (χ0) is 13.2. The van der Waals surface area contributed by atoms with Gasteiger partial charge in [-0.05, 0) is 44.7 Å². The van der Waals surface area contributed by atoms with Crippen LogP contribution in [-0.2, 0) is 4.79 Å². The van der Waals surface area contributed by atoms with Crippen LogP contribution >= 0.6 is 0 Å². The van der Waals surface area contributed by atoms with Crippen LogP contribution in [0, 0.1) is 11.3 Å². The van der Waals surface area contributed by atoms with Crippen molar-refractivity contribution in [2.45, 2.75) is 32.6 Å². The molecule has 0 unspecified atom stereocenters. The van der Waals surface area contributed by atoms with Crippen LogP contribution in [0.1, 0.15) is 32.6 Å². The van der Waals surface area contributed by atoms with Gasteiger partial charge in [0, 0.05) is 26.7 Å². The number of hydrogen-bond acceptors (Lipinski definition) is 3. The molecule has 0 aromatic rings. The molecule has 0 atom stereocenters. The molecule has 0 aromatic carbocycles. The number of likely N-dealkylation sites (tertiary alicyclic amines) is 1. The highest BCUT2D eigenvalue weighted by atomic mass is 16.2. The molecule has 4 heteroatoms. The van der Waals surface area contributed by atoms with Crippen molar-refractivity contribution in [2.24, 2.45) is 17.1 Å². The number of hydrogen-bond donors (Lipinski definition) is 1. The Balaban J connectivity index is 1.80. The Morgan fingerprint density at radius 1 is 1.39 bits per heavy atom. The minimum atomic E-state index is -0.237. The molecule has 0 radical (unpaired) electrons. The maximum absolute atomic E-state index is 12.5. The van der Waals surface area contributed by atoms with Gasteiger partial charge in [0.2, 0.25) is 5.91 Å². The Labute approximate surface area is 110 Å². The molecule has 1 heterocycles. The van der Waals surface area contributed by atoms with E-state index in [9.17, 15) is 4.79 Å². The lowest BCUT2D eigenvalue weighted by molar-refractivity contribution is -0.148. The third-order valence-corrected chi connectivity index (χ3v) is 4.62. The van der Waals surface area contributed by atoms with E-state index in [-0.39, 0.29) is 11.3 Å². The zero-order valence-electron chi connectivity index (χ0n) is 11.8. The highest BCUT2D eigenvalue weighted by Crippen LogP contribution is 2.45. The van der Waals surface area contributed by atoms with Crippen molar-refractivity contribution in [2.75, 3.05) is 39.8 Å². The summed E-state index contributed by atoms with van der Waals surface area (Å²) >= 11 is 0. The van der Waals surface area contributed by atoms with Gasteiger partial charge >= 0.3 is 0 Å². The maximum atomic E-state index is 12.5. The summed E-state index contributed by atoms with van der Waals surface area (Å²) in [6.45, 7) is 6.95. The second-order valence-electron chi connectivity index (χ2n) is 6.27. The summed E-state index contributed by atoms with van der Waals surface area (Å²) in [5.74, 6) is 0.923. The van der Waals surface area contributed by atoms with E-state index in [1.165, 1.54) is 25.9 Å². The van der Waals surface area contributed by atoms with Gasteiger partial charge in [-0.3, -0.25) is 4.79 Å². The molecule has 1 aliphatic heterocycles. The largest absolute Gasteiger partial charge is 0.344 e. The molecule has 1 saturated carbocycles. The Hall–Kier alpha value is -0.610. The standard InChI is InChI=1S/C14H27N3O/c1-12-9-14(10-12,11-15)13(18)16(2)7-8-17-5-3-4-6-17/h12H,3-11,15H2,1-2H3. The van der Waals surface area contributed by atoms with Crippen molar-refractivity contribution in [3.63, 3.8) is 0 Å². The van der Waals surface area contributed by atoms with E-state index in [0.717, 1.165) is 25.9 Å². The molecule has 0 aromatic heterocycles. The molecule has 2 N–H and O–H groups in total. The van der Waals surface area contributed by atoms with Crippen molar-refractivity contribution in [3.8, 4) is 0 Å². The van der Waals surface area contributed by atoms with E-state index in [1.807, 2.05) is 11.9 Å². The summed E-state index contributed by atoms with van der Waals surface area (Å²) in [5, 5.41) is 0. The number of amides is 1. The highest BCUT2D eigenvalue weighted by Gasteiger charge is 2.48. The maximum Gasteiger partial charge on any atom is 0.229 e. The number of carbonyl (C=O) groups is 1. The second-order valence-corrected chi connectivity index (χ2v) is 6.27. The van der Waals surface area contributed by atoms with Crippen LogP contribution in [0.4, 0.5) is 0 Å². The first-order chi connectivity index (χ1) is 8.57. The normalized spacial score (nSPS) is 32.3. The van der Waals surface area contributed by atoms with Gasteiger partial charge in [-0.15, -0.1) is 0 Å². The van der Waals surface area contributed by atoms with Crippen LogP contribution < -0.4 is 5.73 Å². The fourth-order valence-corrected chi connectivity index (χ4v) is 3.51. The molecule has 2 fully saturated rings. The molecular weight excluding hydrogens is 226 g/mol. The SMILES string of the molecule is CC1CC(CN)(C(=O)N(C)CCN2CCCC2)C1. The zero-order valence-corrected chi connectivity index (χ0v) is 11.8. The quantitative estimate of drug-likeness (QED) is 0.792. The van der Waals surface area contributed by atoms with Crippen molar-refractivity contribution < 1.29 is 4.79 Å². The Morgan fingerprint density at radius 2 is 2.00 bits per heavy atom. The average Bonchev–Trinajstić information content (AvgIpc) is 2.83. The van der Waals surface area contributed by atoms with Crippen LogP contribution in [0.5, 0.6) is 0 Å². The van der Waals surface area contributed by atoms with E-state index in [0.29, 0.717) is 12.5 Å². The smallest absolute Gasteiger partial charge is 0.229 e. The molecule has 104 valence electrons. The molecule has 4 nitrogen and oxygen atoms in total. The Kier molecular flexibility index (Phi) is 4.28. The number of nitrogens with two attached hydrogens (primary N) is 1. The van der Waals surface area contributed by atoms with Crippen LogP contribution in [0.25, 0.3) is 0 Å². The lowest BCUT2D eigenvalue weighted by Gasteiger charge is -2.46. The first-order valence-electron chi connectivity index (χ1n) is 7.25. The molecule has 0 spiro atoms. The fraction of sp³-hybridized carbons (Fsp3) is 0.929. The first kappa shape index (κ1) is 13.8. The lowest BCUT2D eigenvalue weighted by atomic mass is 9.62. The van der Waals surface area contributed by atoms with Crippen LogP contribution in [0.2, 0.25) is 0 Å². The van der Waals surface area contributed by atoms with Gasteiger partial charge in [0.15, 0.2) is 0 Å². The van der Waals surface area contributed by atoms with Crippen LogP contribution in [0.15, 0.2) is 0 Å². The molecule has 0 bridgehead atoms. The topological polar surface area (TPSA) is 49.6 Å². The summed E-state index contributed by atoms with van der Waals surface area (Å²) in [5.41, 5.74) is 5.59. The van der Waals surface area contributed by atoms with Crippen molar-refractivity contribution in [3.05, 3.63) is 0 Å². The highest BCUT2D eigenvalue weighted by molar-refractivity contribution is 5.83. The van der Waals surface area contributed by atoms with Gasteiger partial charge < -0.3 is 15.5 Å². The summed E-state index contributed by atoms with van der Waals surface area (Å²) < 4.78 is 0. The van der Waals surface area contributed by atoms with Gasteiger partial charge in [-0.25, -0.2) is 0 Å². The van der Waals surface area contributed by atoms with Crippen molar-refractivity contribution >= 4 is 5.91 Å². The summed E-state index contributed by atoms with van der Waals surface area (Å²) in [6, 6.07) is 0. The van der Waals surface area contributed by atoms with Gasteiger partial charge in [0.25, 0.3) is 0 Å². The van der Waals surface area contributed by atoms with Crippen molar-refractivity contribution in [1.29, 1.82) is 0 Å². The van der Waals surface area contributed by atoms with Gasteiger partial charge in [-0.2, -0.15) is 0 Å². The van der Waals surface area contributed by atoms with Crippen molar-refractivity contribution in [1.82, 2.24) is 9.80 Å². The van der Waals surface area contributed by atoms with Gasteiger partial charge in [0.05, 0.1) is 5.41 Å². The predicted molar refractivity (Wildman–Crippen MR) is 73.2 cm³/mol. The molecular formula is C14H27N3O. The van der Waals surface area contributed by atoms with E-state index in [4.69, 9.17) is 5.73 Å². The van der Waals surface area contributed by atoms with Gasteiger partial charge in [0.1, 0.15) is 0 Å². The molecule has 1 aliphatic carbocycles. The first-order valence-corrected chi connectivity index (χ1v) is 7.25. The third kappa shape index (κ3) is 2.69. The monoisotopic (exact) mass is 253 g/mol. The van der Waals surface area contributed by atoms with Crippen LogP contribution in [0.3, 0.4) is 0 Å². The second kappa shape index (κ2) is 5.57. The minimum absolute atomic E-state index is 0.237. The Bertz CT molecular complexity index is 293. The van der Waals surface area contributed by atoms with E-state index >= 15 is 0 Å². The molecule has 1 saturated heterocycles.